The van der Waals surface area contributed by atoms with E-state index in [1.807, 2.05) is 0 Å². The number of carbonyl (C=O) groups excluding carboxylic acids is 1. The number of ether oxygens (including phenoxy) is 1. The Morgan fingerprint density at radius 1 is 1.24 bits per heavy atom. The maximum absolute atomic E-state index is 11.5. The first kappa shape index (κ1) is 17.5. The van der Waals surface area contributed by atoms with Gasteiger partial charge in [0.25, 0.3) is 0 Å². The van der Waals surface area contributed by atoms with Crippen LogP contribution < -0.4 is 11.2 Å². The molecule has 1 rings (SSSR count). The summed E-state index contributed by atoms with van der Waals surface area (Å²) in [4.78, 5) is 11.5. The van der Waals surface area contributed by atoms with Crippen LogP contribution in [0, 0.1) is 0 Å². The van der Waals surface area contributed by atoms with Crippen LogP contribution in [-0.4, -0.2) is 41.5 Å². The maximum atomic E-state index is 11.5. The number of methoxy groups -OCH3 is 1. The normalized spacial score (nSPS) is 12.1. The van der Waals surface area contributed by atoms with Crippen LogP contribution in [0.4, 0.5) is 5.69 Å². The molecule has 0 aromatic heterocycles. The SMILES string of the molecule is COC(=O)c1cc(N)cc(B(O)OC(C)(C)C(C)(C)O)c1. The molecule has 0 aliphatic rings. The first-order valence-corrected chi connectivity index (χ1v) is 6.55. The highest BCUT2D eigenvalue weighted by Crippen LogP contribution is 2.25. The number of hydrogen-bond acceptors (Lipinski definition) is 6. The second kappa shape index (κ2) is 6.05. The van der Waals surface area contributed by atoms with Gasteiger partial charge in [0.15, 0.2) is 0 Å². The van der Waals surface area contributed by atoms with Crippen molar-refractivity contribution in [2.24, 2.45) is 0 Å². The highest BCUT2D eigenvalue weighted by molar-refractivity contribution is 6.60. The largest absolute Gasteiger partial charge is 0.491 e. The van der Waals surface area contributed by atoms with Crippen molar-refractivity contribution in [3.8, 4) is 0 Å². The average molecular weight is 295 g/mol. The molecule has 116 valence electrons. The molecule has 21 heavy (non-hydrogen) atoms. The highest BCUT2D eigenvalue weighted by Gasteiger charge is 2.39. The molecule has 4 N–H and O–H groups in total. The Labute approximate surface area is 125 Å². The predicted molar refractivity (Wildman–Crippen MR) is 81.3 cm³/mol. The van der Waals surface area contributed by atoms with E-state index >= 15 is 0 Å². The summed E-state index contributed by atoms with van der Waals surface area (Å²) in [7, 11) is -0.0754. The number of nitrogen functional groups attached to an aromatic ring is 1. The van der Waals surface area contributed by atoms with E-state index in [1.54, 1.807) is 27.7 Å². The zero-order valence-electron chi connectivity index (χ0n) is 13.0. The van der Waals surface area contributed by atoms with Gasteiger partial charge in [-0.2, -0.15) is 0 Å². The molecule has 0 aliphatic carbocycles. The van der Waals surface area contributed by atoms with Crippen LogP contribution in [0.25, 0.3) is 0 Å². The third kappa shape index (κ3) is 4.20. The number of hydrogen-bond donors (Lipinski definition) is 3. The topological polar surface area (TPSA) is 102 Å². The minimum Gasteiger partial charge on any atom is -0.465 e. The van der Waals surface area contributed by atoms with Crippen LogP contribution in [-0.2, 0) is 9.39 Å². The van der Waals surface area contributed by atoms with Crippen molar-refractivity contribution in [2.45, 2.75) is 38.9 Å². The van der Waals surface area contributed by atoms with Gasteiger partial charge in [-0.05, 0) is 51.4 Å². The summed E-state index contributed by atoms with van der Waals surface area (Å²) in [5, 5.41) is 20.2. The molecular formula is C14H22BNO5. The van der Waals surface area contributed by atoms with Gasteiger partial charge in [0.2, 0.25) is 0 Å². The fourth-order valence-corrected chi connectivity index (χ4v) is 1.55. The molecule has 0 radical (unpaired) electrons. The Morgan fingerprint density at radius 3 is 2.29 bits per heavy atom. The minimum atomic E-state index is -1.33. The van der Waals surface area contributed by atoms with E-state index in [4.69, 9.17) is 10.4 Å². The van der Waals surface area contributed by atoms with Gasteiger partial charge in [-0.15, -0.1) is 0 Å². The smallest absolute Gasteiger partial charge is 0.465 e. The van der Waals surface area contributed by atoms with Crippen molar-refractivity contribution in [3.05, 3.63) is 23.8 Å². The summed E-state index contributed by atoms with van der Waals surface area (Å²) in [6.45, 7) is 6.48. The lowest BCUT2D eigenvalue weighted by Gasteiger charge is -2.38. The summed E-state index contributed by atoms with van der Waals surface area (Å²) < 4.78 is 10.1. The number of nitrogens with two attached hydrogens (primary N) is 1. The lowest BCUT2D eigenvalue weighted by atomic mass is 9.76. The molecule has 0 heterocycles. The van der Waals surface area contributed by atoms with E-state index in [1.165, 1.54) is 25.3 Å². The first-order chi connectivity index (χ1) is 9.48. The summed E-state index contributed by atoms with van der Waals surface area (Å²) in [6, 6.07) is 4.38. The number of aliphatic hydroxyl groups is 1. The average Bonchev–Trinajstić information content (AvgIpc) is 2.35. The van der Waals surface area contributed by atoms with E-state index in [0.29, 0.717) is 11.2 Å². The fraction of sp³-hybridized carbons (Fsp3) is 0.500. The van der Waals surface area contributed by atoms with E-state index in [9.17, 15) is 14.9 Å². The molecule has 0 fully saturated rings. The molecule has 7 heteroatoms. The van der Waals surface area contributed by atoms with Gasteiger partial charge in [-0.1, -0.05) is 0 Å². The molecule has 0 atom stereocenters. The van der Waals surface area contributed by atoms with E-state index in [-0.39, 0.29) is 5.56 Å². The summed E-state index contributed by atoms with van der Waals surface area (Å²) in [5.41, 5.74) is 4.37. The quantitative estimate of drug-likeness (QED) is 0.410. The highest BCUT2D eigenvalue weighted by atomic mass is 16.5. The molecule has 1 aromatic carbocycles. The van der Waals surface area contributed by atoms with Gasteiger partial charge in [0.1, 0.15) is 0 Å². The van der Waals surface area contributed by atoms with Crippen LogP contribution in [0.15, 0.2) is 18.2 Å². The Bertz CT molecular complexity index is 525. The lowest BCUT2D eigenvalue weighted by Crippen LogP contribution is -2.53. The fourth-order valence-electron chi connectivity index (χ4n) is 1.55. The molecule has 0 spiro atoms. The van der Waals surface area contributed by atoms with Crippen molar-refractivity contribution in [1.29, 1.82) is 0 Å². The number of rotatable bonds is 5. The van der Waals surface area contributed by atoms with E-state index in [0.717, 1.165) is 0 Å². The Balaban J connectivity index is 3.06. The number of esters is 1. The molecule has 6 nitrogen and oxygen atoms in total. The Kier molecular flexibility index (Phi) is 5.04. The third-order valence-electron chi connectivity index (χ3n) is 3.56. The van der Waals surface area contributed by atoms with Gasteiger partial charge in [-0.3, -0.25) is 0 Å². The van der Waals surface area contributed by atoms with E-state index < -0.39 is 24.3 Å². The van der Waals surface area contributed by atoms with E-state index in [2.05, 4.69) is 4.74 Å². The maximum Gasteiger partial charge on any atom is 0.491 e. The van der Waals surface area contributed by atoms with Crippen molar-refractivity contribution < 1.29 is 24.3 Å². The van der Waals surface area contributed by atoms with Crippen molar-refractivity contribution in [2.75, 3.05) is 12.8 Å². The summed E-state index contributed by atoms with van der Waals surface area (Å²) in [5.74, 6) is -0.558. The monoisotopic (exact) mass is 295 g/mol. The second-order valence-electron chi connectivity index (χ2n) is 5.92. The molecule has 0 saturated heterocycles. The van der Waals surface area contributed by atoms with Gasteiger partial charge < -0.3 is 25.3 Å². The van der Waals surface area contributed by atoms with Gasteiger partial charge >= 0.3 is 13.1 Å². The molecule has 0 saturated carbocycles. The van der Waals surface area contributed by atoms with Crippen LogP contribution in [0.2, 0.25) is 0 Å². The molecule has 1 aromatic rings. The molecule has 0 bridgehead atoms. The minimum absolute atomic E-state index is 0.219. The van der Waals surface area contributed by atoms with Crippen LogP contribution in [0.1, 0.15) is 38.1 Å². The van der Waals surface area contributed by atoms with Gasteiger partial charge in [0.05, 0.1) is 23.9 Å². The lowest BCUT2D eigenvalue weighted by molar-refractivity contribution is -0.0982. The molecule has 0 amide bonds. The van der Waals surface area contributed by atoms with Crippen LogP contribution >= 0.6 is 0 Å². The molecule has 0 aliphatic heterocycles. The van der Waals surface area contributed by atoms with Crippen molar-refractivity contribution in [3.63, 3.8) is 0 Å². The predicted octanol–water partition coefficient (Wildman–Crippen LogP) is 0.309. The number of carbonyl (C=O) groups is 1. The summed E-state index contributed by atoms with van der Waals surface area (Å²) in [6.07, 6.45) is 0. The Morgan fingerprint density at radius 2 is 1.81 bits per heavy atom. The van der Waals surface area contributed by atoms with Gasteiger partial charge in [-0.25, -0.2) is 4.79 Å². The van der Waals surface area contributed by atoms with Crippen molar-refractivity contribution in [1.82, 2.24) is 0 Å². The summed E-state index contributed by atoms with van der Waals surface area (Å²) >= 11 is 0. The first-order valence-electron chi connectivity index (χ1n) is 6.55. The number of benzene rings is 1. The zero-order valence-corrected chi connectivity index (χ0v) is 13.0. The Hall–Kier alpha value is -1.57. The van der Waals surface area contributed by atoms with Gasteiger partial charge in [0, 0.05) is 5.69 Å². The third-order valence-corrected chi connectivity index (χ3v) is 3.56. The molecular weight excluding hydrogens is 273 g/mol. The number of anilines is 1. The van der Waals surface area contributed by atoms with Crippen molar-refractivity contribution >= 4 is 24.2 Å². The second-order valence-corrected chi connectivity index (χ2v) is 5.92. The van der Waals surface area contributed by atoms with Crippen LogP contribution in [0.5, 0.6) is 0 Å². The standard InChI is InChI=1S/C14H22BNO5/c1-13(2,18)14(3,4)21-15(19)10-6-9(12(17)20-5)7-11(16)8-10/h6-8,18-19H,16H2,1-5H3. The molecule has 0 unspecified atom stereocenters. The zero-order chi connectivity index (χ0) is 16.4. The van der Waals surface area contributed by atoms with Crippen LogP contribution in [0.3, 0.4) is 0 Å².